The minimum absolute atomic E-state index is 0.111. The van der Waals surface area contributed by atoms with Crippen LogP contribution in [0.2, 0.25) is 0 Å². The molecule has 0 heterocycles. The molecule has 28 heavy (non-hydrogen) atoms. The van der Waals surface area contributed by atoms with E-state index in [1.165, 1.54) is 26.4 Å². The Kier molecular flexibility index (Phi) is 5.78. The highest BCUT2D eigenvalue weighted by atomic mass is 16.5. The van der Waals surface area contributed by atoms with Crippen molar-refractivity contribution in [1.82, 2.24) is 0 Å². The number of ether oxygens (including phenoxy) is 2. The molecular weight excluding hydrogens is 358 g/mol. The molecule has 0 spiro atoms. The zero-order valence-electron chi connectivity index (χ0n) is 16.0. The van der Waals surface area contributed by atoms with Crippen LogP contribution in [-0.4, -0.2) is 32.1 Å². The predicted octanol–water partition coefficient (Wildman–Crippen LogP) is 3.71. The van der Waals surface area contributed by atoms with Gasteiger partial charge in [-0.15, -0.1) is 0 Å². The van der Waals surface area contributed by atoms with Gasteiger partial charge in [0.05, 0.1) is 36.4 Å². The topological polar surface area (TPSA) is 81.7 Å². The summed E-state index contributed by atoms with van der Waals surface area (Å²) in [7, 11) is 2.50. The molecule has 146 valence electrons. The van der Waals surface area contributed by atoms with Gasteiger partial charge in [0.2, 0.25) is 5.91 Å². The van der Waals surface area contributed by atoms with Crippen LogP contribution in [0.3, 0.4) is 0 Å². The molecule has 0 saturated heterocycles. The number of para-hydroxylation sites is 1. The zero-order valence-corrected chi connectivity index (χ0v) is 16.0. The number of carbonyl (C=O) groups is 3. The van der Waals surface area contributed by atoms with Gasteiger partial charge in [-0.3, -0.25) is 4.79 Å². The van der Waals surface area contributed by atoms with E-state index in [9.17, 15) is 14.4 Å². The Hall–Kier alpha value is -3.15. The molecule has 6 heteroatoms. The molecule has 1 aliphatic carbocycles. The Morgan fingerprint density at radius 3 is 1.86 bits per heavy atom. The van der Waals surface area contributed by atoms with E-state index in [0.717, 1.165) is 18.4 Å². The summed E-state index contributed by atoms with van der Waals surface area (Å²) in [6.07, 6.45) is 3.28. The van der Waals surface area contributed by atoms with Crippen LogP contribution >= 0.6 is 0 Å². The Morgan fingerprint density at radius 1 is 0.821 bits per heavy atom. The molecule has 2 aromatic carbocycles. The summed E-state index contributed by atoms with van der Waals surface area (Å²) in [5, 5.41) is 2.85. The molecule has 0 radical (unpaired) electrons. The second-order valence-electron chi connectivity index (χ2n) is 6.82. The van der Waals surface area contributed by atoms with Crippen LogP contribution in [0, 0.1) is 0 Å². The lowest BCUT2D eigenvalue weighted by molar-refractivity contribution is -0.121. The molecule has 0 atom stereocenters. The Bertz CT molecular complexity index is 851. The molecule has 1 N–H and O–H groups in total. The number of amides is 1. The van der Waals surface area contributed by atoms with Gasteiger partial charge < -0.3 is 14.8 Å². The summed E-state index contributed by atoms with van der Waals surface area (Å²) in [6.45, 7) is 0. The van der Waals surface area contributed by atoms with E-state index < -0.39 is 17.4 Å². The van der Waals surface area contributed by atoms with Crippen LogP contribution in [0.1, 0.15) is 52.0 Å². The van der Waals surface area contributed by atoms with Gasteiger partial charge in [0.1, 0.15) is 0 Å². The molecule has 0 aromatic heterocycles. The van der Waals surface area contributed by atoms with Gasteiger partial charge in [0, 0.05) is 0 Å². The molecule has 3 rings (SSSR count). The highest BCUT2D eigenvalue weighted by molar-refractivity contribution is 6.10. The molecule has 0 bridgehead atoms. The smallest absolute Gasteiger partial charge is 0.340 e. The third kappa shape index (κ3) is 3.50. The number of esters is 2. The molecule has 2 aromatic rings. The van der Waals surface area contributed by atoms with Crippen molar-refractivity contribution in [2.24, 2.45) is 0 Å². The molecule has 1 aliphatic rings. The number of carbonyl (C=O) groups excluding carboxylic acids is 3. The number of hydrogen-bond acceptors (Lipinski definition) is 5. The lowest BCUT2D eigenvalue weighted by Crippen LogP contribution is -2.38. The van der Waals surface area contributed by atoms with Gasteiger partial charge in [-0.1, -0.05) is 49.2 Å². The summed E-state index contributed by atoms with van der Waals surface area (Å²) in [5.74, 6) is -1.51. The van der Waals surface area contributed by atoms with E-state index in [2.05, 4.69) is 5.32 Å². The van der Waals surface area contributed by atoms with Crippen molar-refractivity contribution in [1.29, 1.82) is 0 Å². The first-order valence-corrected chi connectivity index (χ1v) is 9.20. The van der Waals surface area contributed by atoms with Crippen LogP contribution in [0.5, 0.6) is 0 Å². The fourth-order valence-corrected chi connectivity index (χ4v) is 3.86. The zero-order chi connectivity index (χ0) is 20.1. The lowest BCUT2D eigenvalue weighted by Gasteiger charge is -2.29. The van der Waals surface area contributed by atoms with Crippen molar-refractivity contribution in [3.05, 3.63) is 65.2 Å². The summed E-state index contributed by atoms with van der Waals surface area (Å²) < 4.78 is 9.64. The predicted molar refractivity (Wildman–Crippen MR) is 104 cm³/mol. The highest BCUT2D eigenvalue weighted by Crippen LogP contribution is 2.42. The molecular formula is C22H23NO5. The van der Waals surface area contributed by atoms with Crippen molar-refractivity contribution in [2.45, 2.75) is 31.1 Å². The maximum atomic E-state index is 13.4. The quantitative estimate of drug-likeness (QED) is 0.799. The average Bonchev–Trinajstić information content (AvgIpc) is 3.24. The summed E-state index contributed by atoms with van der Waals surface area (Å²) >= 11 is 0. The number of rotatable bonds is 5. The van der Waals surface area contributed by atoms with Crippen molar-refractivity contribution in [2.75, 3.05) is 19.5 Å². The summed E-state index contributed by atoms with van der Waals surface area (Å²) in [5.41, 5.74) is 0.575. The van der Waals surface area contributed by atoms with Gasteiger partial charge in [-0.25, -0.2) is 9.59 Å². The van der Waals surface area contributed by atoms with E-state index in [0.29, 0.717) is 12.8 Å². The van der Waals surface area contributed by atoms with Crippen molar-refractivity contribution in [3.8, 4) is 0 Å². The molecule has 0 unspecified atom stereocenters. The number of hydrogen-bond donors (Lipinski definition) is 1. The minimum atomic E-state index is -0.697. The minimum Gasteiger partial charge on any atom is -0.465 e. The number of anilines is 1. The first-order chi connectivity index (χ1) is 13.5. The Morgan fingerprint density at radius 2 is 1.36 bits per heavy atom. The SMILES string of the molecule is COC(=O)c1cccc(C(=O)OC)c1NC(=O)C1(c2ccccc2)CCCC1. The van der Waals surface area contributed by atoms with E-state index in [-0.39, 0.29) is 22.7 Å². The lowest BCUT2D eigenvalue weighted by atomic mass is 9.78. The van der Waals surface area contributed by atoms with E-state index in [4.69, 9.17) is 9.47 Å². The van der Waals surface area contributed by atoms with Gasteiger partial charge >= 0.3 is 11.9 Å². The molecule has 1 fully saturated rings. The largest absolute Gasteiger partial charge is 0.465 e. The molecule has 1 amide bonds. The third-order valence-electron chi connectivity index (χ3n) is 5.33. The van der Waals surface area contributed by atoms with Crippen LogP contribution in [0.15, 0.2) is 48.5 Å². The highest BCUT2D eigenvalue weighted by Gasteiger charge is 2.43. The third-order valence-corrected chi connectivity index (χ3v) is 5.33. The first kappa shape index (κ1) is 19.6. The van der Waals surface area contributed by atoms with Crippen molar-refractivity contribution >= 4 is 23.5 Å². The van der Waals surface area contributed by atoms with Crippen LogP contribution in [-0.2, 0) is 19.7 Å². The molecule has 0 aliphatic heterocycles. The van der Waals surface area contributed by atoms with E-state index in [1.54, 1.807) is 6.07 Å². The van der Waals surface area contributed by atoms with E-state index >= 15 is 0 Å². The fourth-order valence-electron chi connectivity index (χ4n) is 3.86. The Balaban J connectivity index is 2.05. The maximum Gasteiger partial charge on any atom is 0.340 e. The number of benzene rings is 2. The maximum absolute atomic E-state index is 13.4. The number of methoxy groups -OCH3 is 2. The standard InChI is InChI=1S/C22H23NO5/c1-27-19(24)16-11-8-12-17(20(25)28-2)18(16)23-21(26)22(13-6-7-14-22)15-9-4-3-5-10-15/h3-5,8-12H,6-7,13-14H2,1-2H3,(H,23,26). The van der Waals surface area contributed by atoms with Gasteiger partial charge in [0.15, 0.2) is 0 Å². The second-order valence-corrected chi connectivity index (χ2v) is 6.82. The first-order valence-electron chi connectivity index (χ1n) is 9.20. The molecule has 6 nitrogen and oxygen atoms in total. The Labute approximate surface area is 163 Å². The van der Waals surface area contributed by atoms with Crippen LogP contribution < -0.4 is 5.32 Å². The van der Waals surface area contributed by atoms with Gasteiger partial charge in [-0.05, 0) is 30.5 Å². The second kappa shape index (κ2) is 8.25. The monoisotopic (exact) mass is 381 g/mol. The molecule has 1 saturated carbocycles. The van der Waals surface area contributed by atoms with Gasteiger partial charge in [0.25, 0.3) is 0 Å². The van der Waals surface area contributed by atoms with Crippen LogP contribution in [0.25, 0.3) is 0 Å². The van der Waals surface area contributed by atoms with Crippen LogP contribution in [0.4, 0.5) is 5.69 Å². The summed E-state index contributed by atoms with van der Waals surface area (Å²) in [4.78, 5) is 37.9. The van der Waals surface area contributed by atoms with Crippen molar-refractivity contribution in [3.63, 3.8) is 0 Å². The number of nitrogens with one attached hydrogen (secondary N) is 1. The van der Waals surface area contributed by atoms with Crippen molar-refractivity contribution < 1.29 is 23.9 Å². The normalized spacial score (nSPS) is 14.9. The summed E-state index contributed by atoms with van der Waals surface area (Å²) in [6, 6.07) is 14.2. The van der Waals surface area contributed by atoms with E-state index in [1.807, 2.05) is 30.3 Å². The van der Waals surface area contributed by atoms with Gasteiger partial charge in [-0.2, -0.15) is 0 Å². The average molecular weight is 381 g/mol. The fraction of sp³-hybridized carbons (Fsp3) is 0.318.